The number of para-hydroxylation sites is 1. The van der Waals surface area contributed by atoms with E-state index in [0.717, 1.165) is 12.1 Å². The third-order valence-electron chi connectivity index (χ3n) is 5.91. The average Bonchev–Trinajstić information content (AvgIpc) is 2.88. The second-order valence-electron chi connectivity index (χ2n) is 9.92. The number of hydrogen-bond donors (Lipinski definition) is 2. The van der Waals surface area contributed by atoms with Crippen LogP contribution in [0, 0.1) is 11.2 Å². The van der Waals surface area contributed by atoms with Crippen LogP contribution in [0.1, 0.15) is 42.3 Å². The van der Waals surface area contributed by atoms with Gasteiger partial charge in [0.15, 0.2) is 0 Å². The van der Waals surface area contributed by atoms with Gasteiger partial charge in [0.05, 0.1) is 27.4 Å². The molecule has 1 heterocycles. The summed E-state index contributed by atoms with van der Waals surface area (Å²) < 4.78 is 59.8. The number of anilines is 1. The van der Waals surface area contributed by atoms with Gasteiger partial charge in [0.2, 0.25) is 5.91 Å². The number of fused-ring (bicyclic) bond motifs is 1. The van der Waals surface area contributed by atoms with Gasteiger partial charge in [0, 0.05) is 29.1 Å². The molecule has 1 aromatic heterocycles. The van der Waals surface area contributed by atoms with Crippen molar-refractivity contribution >= 4 is 40.0 Å². The summed E-state index contributed by atoms with van der Waals surface area (Å²) in [5.41, 5.74) is -1.29. The number of alkyl halides is 3. The number of rotatable bonds is 6. The van der Waals surface area contributed by atoms with Gasteiger partial charge in [-0.1, -0.05) is 44.5 Å². The topological polar surface area (TPSA) is 80.3 Å². The fraction of sp³-hybridized carbons (Fsp3) is 0.207. The van der Waals surface area contributed by atoms with Gasteiger partial charge in [-0.05, 0) is 48.5 Å². The van der Waals surface area contributed by atoms with E-state index < -0.39 is 34.4 Å². The van der Waals surface area contributed by atoms with E-state index in [1.807, 2.05) is 0 Å². The lowest BCUT2D eigenvalue weighted by Crippen LogP contribution is -2.34. The van der Waals surface area contributed by atoms with Crippen molar-refractivity contribution < 1.29 is 31.9 Å². The lowest BCUT2D eigenvalue weighted by molar-refractivity contribution is -0.137. The highest BCUT2D eigenvalue weighted by Gasteiger charge is 2.30. The van der Waals surface area contributed by atoms with Crippen LogP contribution in [0.3, 0.4) is 0 Å². The van der Waals surface area contributed by atoms with Crippen LogP contribution in [0.25, 0.3) is 10.9 Å². The Morgan fingerprint density at radius 2 is 1.68 bits per heavy atom. The van der Waals surface area contributed by atoms with Gasteiger partial charge >= 0.3 is 6.18 Å². The van der Waals surface area contributed by atoms with Crippen molar-refractivity contribution in [2.75, 3.05) is 5.32 Å². The number of aromatic nitrogens is 1. The van der Waals surface area contributed by atoms with Crippen molar-refractivity contribution in [1.29, 1.82) is 0 Å². The molecule has 0 fully saturated rings. The lowest BCUT2D eigenvalue weighted by atomic mass is 9.95. The van der Waals surface area contributed by atoms with E-state index >= 15 is 4.39 Å². The molecular formula is C29H24ClF4N3O3. The fourth-order valence-electron chi connectivity index (χ4n) is 3.75. The lowest BCUT2D eigenvalue weighted by Gasteiger charge is -2.18. The molecule has 0 saturated heterocycles. The number of hydrogen-bond acceptors (Lipinski definition) is 4. The Hall–Kier alpha value is -4.18. The van der Waals surface area contributed by atoms with E-state index in [2.05, 4.69) is 15.6 Å². The van der Waals surface area contributed by atoms with Crippen LogP contribution >= 0.6 is 11.6 Å². The molecule has 4 rings (SSSR count). The van der Waals surface area contributed by atoms with Gasteiger partial charge < -0.3 is 15.4 Å². The normalized spacial score (nSPS) is 11.8. The van der Waals surface area contributed by atoms with Crippen LogP contribution in [0.5, 0.6) is 11.5 Å². The third-order valence-corrected chi connectivity index (χ3v) is 6.22. The SMILES string of the molecule is CC(C)(C)C(=O)NCc1ccc(Cl)c(C(=O)Nc2cccc3c(Oc4ccc(C(F)(F)F)cc4)ccnc23)c1F. The molecule has 0 spiro atoms. The van der Waals surface area contributed by atoms with Crippen molar-refractivity contribution in [2.45, 2.75) is 33.5 Å². The second kappa shape index (κ2) is 11.1. The Bertz CT molecular complexity index is 1580. The maximum atomic E-state index is 15.4. The molecule has 0 unspecified atom stereocenters. The van der Waals surface area contributed by atoms with Crippen LogP contribution in [0.4, 0.5) is 23.2 Å². The zero-order valence-corrected chi connectivity index (χ0v) is 22.4. The summed E-state index contributed by atoms with van der Waals surface area (Å²) >= 11 is 6.18. The predicted octanol–water partition coefficient (Wildman–Crippen LogP) is 7.75. The maximum absolute atomic E-state index is 15.4. The highest BCUT2D eigenvalue weighted by Crippen LogP contribution is 2.35. The van der Waals surface area contributed by atoms with Crippen molar-refractivity contribution in [3.8, 4) is 11.5 Å². The number of carbonyl (C=O) groups excluding carboxylic acids is 2. The fourth-order valence-corrected chi connectivity index (χ4v) is 3.98. The molecule has 0 atom stereocenters. The van der Waals surface area contributed by atoms with Gasteiger partial charge in [-0.25, -0.2) is 4.39 Å². The third kappa shape index (κ3) is 6.34. The van der Waals surface area contributed by atoms with Gasteiger partial charge in [-0.2, -0.15) is 13.2 Å². The molecule has 0 aliphatic rings. The molecule has 40 heavy (non-hydrogen) atoms. The number of ether oxygens (including phenoxy) is 1. The zero-order valence-electron chi connectivity index (χ0n) is 21.6. The highest BCUT2D eigenvalue weighted by atomic mass is 35.5. The van der Waals surface area contributed by atoms with Crippen molar-refractivity contribution in [1.82, 2.24) is 10.3 Å². The van der Waals surface area contributed by atoms with Crippen LogP contribution in [-0.4, -0.2) is 16.8 Å². The van der Waals surface area contributed by atoms with Crippen LogP contribution in [-0.2, 0) is 17.5 Å². The summed E-state index contributed by atoms with van der Waals surface area (Å²) in [4.78, 5) is 29.7. The van der Waals surface area contributed by atoms with E-state index in [4.69, 9.17) is 16.3 Å². The number of nitrogens with one attached hydrogen (secondary N) is 2. The molecule has 0 saturated carbocycles. The van der Waals surface area contributed by atoms with Crippen molar-refractivity contribution in [2.24, 2.45) is 5.41 Å². The first kappa shape index (κ1) is 28.8. The predicted molar refractivity (Wildman–Crippen MR) is 144 cm³/mol. The Morgan fingerprint density at radius 3 is 2.33 bits per heavy atom. The molecule has 11 heteroatoms. The van der Waals surface area contributed by atoms with Crippen molar-refractivity contribution in [3.63, 3.8) is 0 Å². The molecule has 208 valence electrons. The Morgan fingerprint density at radius 1 is 0.975 bits per heavy atom. The standard InChI is InChI=1S/C29H24ClF4N3O3/c1-28(2,3)27(39)36-15-16-7-12-20(30)23(24(16)31)26(38)37-21-6-4-5-19-22(13-14-35-25(19)21)40-18-10-8-17(9-11-18)29(32,33)34/h4-14H,15H2,1-3H3,(H,36,39)(H,37,38). The van der Waals surface area contributed by atoms with Gasteiger partial charge in [-0.15, -0.1) is 0 Å². The molecule has 0 bridgehead atoms. The monoisotopic (exact) mass is 573 g/mol. The molecule has 3 aromatic carbocycles. The first-order valence-corrected chi connectivity index (χ1v) is 12.4. The summed E-state index contributed by atoms with van der Waals surface area (Å²) in [5, 5.41) is 5.59. The number of nitrogens with zero attached hydrogens (tertiary/aromatic N) is 1. The molecule has 2 amide bonds. The molecule has 0 aliphatic heterocycles. The summed E-state index contributed by atoms with van der Waals surface area (Å²) in [7, 11) is 0. The van der Waals surface area contributed by atoms with E-state index in [1.54, 1.807) is 39.0 Å². The maximum Gasteiger partial charge on any atom is 0.416 e. The Labute approximate surface area is 232 Å². The van der Waals surface area contributed by atoms with Gasteiger partial charge in [-0.3, -0.25) is 14.6 Å². The zero-order chi connectivity index (χ0) is 29.2. The molecule has 2 N–H and O–H groups in total. The first-order valence-electron chi connectivity index (χ1n) is 12.0. The van der Waals surface area contributed by atoms with E-state index in [9.17, 15) is 22.8 Å². The molecule has 4 aromatic rings. The summed E-state index contributed by atoms with van der Waals surface area (Å²) in [6.07, 6.45) is -3.07. The number of carbonyl (C=O) groups is 2. The first-order chi connectivity index (χ1) is 18.8. The summed E-state index contributed by atoms with van der Waals surface area (Å²) in [6, 6.07) is 13.3. The van der Waals surface area contributed by atoms with E-state index in [-0.39, 0.29) is 40.2 Å². The van der Waals surface area contributed by atoms with Gasteiger partial charge in [0.25, 0.3) is 5.91 Å². The quantitative estimate of drug-likeness (QED) is 0.231. The number of amides is 2. The van der Waals surface area contributed by atoms with E-state index in [0.29, 0.717) is 10.9 Å². The van der Waals surface area contributed by atoms with Crippen molar-refractivity contribution in [3.05, 3.63) is 94.4 Å². The largest absolute Gasteiger partial charge is 0.457 e. The Kier molecular flexibility index (Phi) is 8.02. The number of benzene rings is 3. The van der Waals surface area contributed by atoms with Crippen LogP contribution in [0.15, 0.2) is 66.9 Å². The Balaban J connectivity index is 1.59. The molecule has 0 aliphatic carbocycles. The molecular weight excluding hydrogens is 550 g/mol. The summed E-state index contributed by atoms with van der Waals surface area (Å²) in [6.45, 7) is 5.02. The molecule has 0 radical (unpaired) electrons. The minimum Gasteiger partial charge on any atom is -0.457 e. The second-order valence-corrected chi connectivity index (χ2v) is 10.3. The smallest absolute Gasteiger partial charge is 0.416 e. The minimum absolute atomic E-state index is 0.0791. The van der Waals surface area contributed by atoms with E-state index in [1.165, 1.54) is 36.5 Å². The average molecular weight is 574 g/mol. The minimum atomic E-state index is -4.47. The molecule has 6 nitrogen and oxygen atoms in total. The van der Waals surface area contributed by atoms with Crippen LogP contribution in [0.2, 0.25) is 5.02 Å². The van der Waals surface area contributed by atoms with Crippen LogP contribution < -0.4 is 15.4 Å². The summed E-state index contributed by atoms with van der Waals surface area (Å²) in [5.74, 6) is -1.56. The number of halogens is 5. The van der Waals surface area contributed by atoms with Gasteiger partial charge in [0.1, 0.15) is 17.3 Å². The highest BCUT2D eigenvalue weighted by molar-refractivity contribution is 6.34. The number of pyridine rings is 1.